The van der Waals surface area contributed by atoms with Crippen molar-refractivity contribution < 1.29 is 14.4 Å². The Balaban J connectivity index is 2.48. The van der Waals surface area contributed by atoms with Gasteiger partial charge < -0.3 is 4.74 Å². The number of ether oxygens (including phenoxy) is 1. The number of rotatable bonds is 7. The molecule has 0 heterocycles. The number of hydroxylamine groups is 1. The smallest absolute Gasteiger partial charge is 0.274 e. The van der Waals surface area contributed by atoms with Gasteiger partial charge in [0.2, 0.25) is 0 Å². The molecular formula is C13H18ClNO3. The van der Waals surface area contributed by atoms with Gasteiger partial charge in [-0.05, 0) is 17.7 Å². The van der Waals surface area contributed by atoms with E-state index in [0.717, 1.165) is 18.4 Å². The van der Waals surface area contributed by atoms with Crippen LogP contribution < -0.4 is 5.48 Å². The van der Waals surface area contributed by atoms with Gasteiger partial charge in [-0.2, -0.15) is 0 Å². The van der Waals surface area contributed by atoms with Gasteiger partial charge in [-0.25, -0.2) is 10.3 Å². The summed E-state index contributed by atoms with van der Waals surface area (Å²) in [6.45, 7) is 2.02. The maximum atomic E-state index is 11.7. The Morgan fingerprint density at radius 3 is 2.56 bits per heavy atom. The average Bonchev–Trinajstić information content (AvgIpc) is 2.43. The Labute approximate surface area is 112 Å². The molecule has 0 fully saturated rings. The molecule has 100 valence electrons. The van der Waals surface area contributed by atoms with E-state index < -0.39 is 6.29 Å². The van der Waals surface area contributed by atoms with Crippen LogP contribution in [0.2, 0.25) is 0 Å². The standard InChI is InChI=1S/C13H18ClNO3/c1-3-4-12(17-2)18-15-13(16)11-7-5-10(9-14)6-8-11/h5-8,12H,3-4,9H2,1-2H3,(H,15,16). The second-order valence-electron chi connectivity index (χ2n) is 3.83. The van der Waals surface area contributed by atoms with Crippen molar-refractivity contribution in [3.8, 4) is 0 Å². The van der Waals surface area contributed by atoms with Crippen molar-refractivity contribution in [3.05, 3.63) is 35.4 Å². The molecule has 1 N–H and O–H groups in total. The lowest BCUT2D eigenvalue weighted by atomic mass is 10.1. The number of carbonyl (C=O) groups excluding carboxylic acids is 1. The van der Waals surface area contributed by atoms with E-state index >= 15 is 0 Å². The summed E-state index contributed by atoms with van der Waals surface area (Å²) in [5, 5.41) is 0. The average molecular weight is 272 g/mol. The predicted octanol–water partition coefficient (Wildman–Crippen LogP) is 2.86. The van der Waals surface area contributed by atoms with Gasteiger partial charge in [0.25, 0.3) is 5.91 Å². The monoisotopic (exact) mass is 271 g/mol. The maximum Gasteiger partial charge on any atom is 0.274 e. The van der Waals surface area contributed by atoms with Gasteiger partial charge in [-0.15, -0.1) is 11.6 Å². The highest BCUT2D eigenvalue weighted by molar-refractivity contribution is 6.17. The molecule has 0 bridgehead atoms. The van der Waals surface area contributed by atoms with E-state index in [9.17, 15) is 4.79 Å². The summed E-state index contributed by atoms with van der Waals surface area (Å²) < 4.78 is 5.06. The fourth-order valence-corrected chi connectivity index (χ4v) is 1.56. The first-order valence-corrected chi connectivity index (χ1v) is 6.38. The van der Waals surface area contributed by atoms with Crippen molar-refractivity contribution in [3.63, 3.8) is 0 Å². The summed E-state index contributed by atoms with van der Waals surface area (Å²) in [5.41, 5.74) is 3.87. The van der Waals surface area contributed by atoms with Gasteiger partial charge in [0.1, 0.15) is 0 Å². The molecule has 0 saturated carbocycles. The van der Waals surface area contributed by atoms with Gasteiger partial charge in [-0.1, -0.05) is 25.5 Å². The van der Waals surface area contributed by atoms with E-state index in [1.807, 2.05) is 19.1 Å². The van der Waals surface area contributed by atoms with Crippen molar-refractivity contribution in [1.82, 2.24) is 5.48 Å². The molecular weight excluding hydrogens is 254 g/mol. The zero-order chi connectivity index (χ0) is 13.4. The fourth-order valence-electron chi connectivity index (χ4n) is 1.38. The van der Waals surface area contributed by atoms with Gasteiger partial charge in [0.05, 0.1) is 0 Å². The first-order valence-electron chi connectivity index (χ1n) is 5.85. The van der Waals surface area contributed by atoms with E-state index in [1.54, 1.807) is 19.2 Å². The summed E-state index contributed by atoms with van der Waals surface area (Å²) >= 11 is 5.67. The normalized spacial score (nSPS) is 12.2. The lowest BCUT2D eigenvalue weighted by Crippen LogP contribution is -2.30. The molecule has 0 radical (unpaired) electrons. The third-order valence-electron chi connectivity index (χ3n) is 2.44. The molecule has 0 saturated heterocycles. The maximum absolute atomic E-state index is 11.7. The summed E-state index contributed by atoms with van der Waals surface area (Å²) in [5.74, 6) is 0.134. The van der Waals surface area contributed by atoms with Crippen molar-refractivity contribution in [1.29, 1.82) is 0 Å². The highest BCUT2D eigenvalue weighted by Gasteiger charge is 2.10. The number of amides is 1. The summed E-state index contributed by atoms with van der Waals surface area (Å²) in [6.07, 6.45) is 1.22. The Bertz CT molecular complexity index is 367. The molecule has 5 heteroatoms. The minimum atomic E-state index is -0.416. The molecule has 1 aromatic rings. The Hall–Kier alpha value is -1.10. The summed E-state index contributed by atoms with van der Waals surface area (Å²) in [7, 11) is 1.54. The molecule has 1 unspecified atom stereocenters. The molecule has 0 aliphatic heterocycles. The predicted molar refractivity (Wildman–Crippen MR) is 70.3 cm³/mol. The molecule has 4 nitrogen and oxygen atoms in total. The zero-order valence-corrected chi connectivity index (χ0v) is 11.4. The number of carbonyl (C=O) groups is 1. The second kappa shape index (κ2) is 8.08. The Morgan fingerprint density at radius 2 is 2.06 bits per heavy atom. The molecule has 1 rings (SSSR count). The summed E-state index contributed by atoms with van der Waals surface area (Å²) in [4.78, 5) is 16.9. The number of hydrogen-bond donors (Lipinski definition) is 1. The minimum absolute atomic E-state index is 0.297. The molecule has 1 amide bonds. The number of halogens is 1. The van der Waals surface area contributed by atoms with Crippen molar-refractivity contribution in [2.45, 2.75) is 31.9 Å². The van der Waals surface area contributed by atoms with Crippen LogP contribution in [0.25, 0.3) is 0 Å². The van der Waals surface area contributed by atoms with Crippen LogP contribution in [-0.4, -0.2) is 19.3 Å². The summed E-state index contributed by atoms with van der Waals surface area (Å²) in [6, 6.07) is 7.03. The molecule has 0 aliphatic carbocycles. The van der Waals surface area contributed by atoms with Crippen LogP contribution in [0, 0.1) is 0 Å². The largest absolute Gasteiger partial charge is 0.354 e. The van der Waals surface area contributed by atoms with Crippen molar-refractivity contribution >= 4 is 17.5 Å². The third kappa shape index (κ3) is 4.64. The SMILES string of the molecule is CCCC(OC)ONC(=O)c1ccc(CCl)cc1. The Kier molecular flexibility index (Phi) is 6.72. The molecule has 18 heavy (non-hydrogen) atoms. The van der Waals surface area contributed by atoms with Gasteiger partial charge in [-0.3, -0.25) is 4.79 Å². The number of nitrogens with one attached hydrogen (secondary N) is 1. The highest BCUT2D eigenvalue weighted by Crippen LogP contribution is 2.07. The first kappa shape index (κ1) is 15.0. The lowest BCUT2D eigenvalue weighted by Gasteiger charge is -2.15. The van der Waals surface area contributed by atoms with Gasteiger partial charge >= 0.3 is 0 Å². The van der Waals surface area contributed by atoms with Crippen LogP contribution in [0.4, 0.5) is 0 Å². The van der Waals surface area contributed by atoms with E-state index in [-0.39, 0.29) is 5.91 Å². The third-order valence-corrected chi connectivity index (χ3v) is 2.75. The van der Waals surface area contributed by atoms with E-state index in [2.05, 4.69) is 5.48 Å². The molecule has 1 atom stereocenters. The van der Waals surface area contributed by atoms with Crippen LogP contribution in [0.15, 0.2) is 24.3 Å². The van der Waals surface area contributed by atoms with Crippen LogP contribution in [0.3, 0.4) is 0 Å². The number of hydrogen-bond acceptors (Lipinski definition) is 3. The van der Waals surface area contributed by atoms with Crippen molar-refractivity contribution in [2.24, 2.45) is 0 Å². The number of methoxy groups -OCH3 is 1. The van der Waals surface area contributed by atoms with Crippen molar-refractivity contribution in [2.75, 3.05) is 7.11 Å². The first-order chi connectivity index (χ1) is 8.71. The van der Waals surface area contributed by atoms with E-state index in [4.69, 9.17) is 21.2 Å². The van der Waals surface area contributed by atoms with Crippen LogP contribution in [0.1, 0.15) is 35.7 Å². The topological polar surface area (TPSA) is 47.6 Å². The molecule has 0 aliphatic rings. The van der Waals surface area contributed by atoms with Crippen LogP contribution >= 0.6 is 11.6 Å². The quantitative estimate of drug-likeness (QED) is 0.471. The lowest BCUT2D eigenvalue weighted by molar-refractivity contribution is -0.157. The zero-order valence-electron chi connectivity index (χ0n) is 10.6. The highest BCUT2D eigenvalue weighted by atomic mass is 35.5. The van der Waals surface area contributed by atoms with Crippen LogP contribution in [-0.2, 0) is 15.5 Å². The van der Waals surface area contributed by atoms with E-state index in [1.165, 1.54) is 0 Å². The molecule has 1 aromatic carbocycles. The fraction of sp³-hybridized carbons (Fsp3) is 0.462. The number of alkyl halides is 1. The Morgan fingerprint density at radius 1 is 1.39 bits per heavy atom. The second-order valence-corrected chi connectivity index (χ2v) is 4.10. The number of benzene rings is 1. The minimum Gasteiger partial charge on any atom is -0.354 e. The van der Waals surface area contributed by atoms with Gasteiger partial charge in [0.15, 0.2) is 6.29 Å². The molecule has 0 spiro atoms. The van der Waals surface area contributed by atoms with E-state index in [0.29, 0.717) is 11.4 Å². The van der Waals surface area contributed by atoms with Crippen LogP contribution in [0.5, 0.6) is 0 Å². The van der Waals surface area contributed by atoms with Gasteiger partial charge in [0, 0.05) is 25.0 Å². The molecule has 0 aromatic heterocycles.